The van der Waals surface area contributed by atoms with Gasteiger partial charge in [-0.1, -0.05) is 18.2 Å². The molecule has 1 aromatic heterocycles. The third kappa shape index (κ3) is 4.05. The number of hydrogen-bond acceptors (Lipinski definition) is 4. The standard InChI is InChI=1S/C22H24N2O4S/c1-28-17-11-5-14(6-12-17)13-29-19-4-2-3-18-20(19)23-22(27)24(18)16-9-7-15(8-10-16)21(25)26/h2-6,11-12,15-16H,7-10,13H2,1H3,(H,23,27)(H,25,26)/t15-,16+. The maximum Gasteiger partial charge on any atom is 0.326 e. The second kappa shape index (κ2) is 8.37. The van der Waals surface area contributed by atoms with Crippen molar-refractivity contribution in [2.24, 2.45) is 5.92 Å². The van der Waals surface area contributed by atoms with E-state index in [9.17, 15) is 14.7 Å². The Hall–Kier alpha value is -2.67. The molecule has 1 aliphatic carbocycles. The molecule has 152 valence electrons. The van der Waals surface area contributed by atoms with E-state index in [-0.39, 0.29) is 17.6 Å². The molecule has 4 rings (SSSR count). The van der Waals surface area contributed by atoms with Crippen LogP contribution in [-0.4, -0.2) is 27.7 Å². The number of thioether (sulfide) groups is 1. The molecular weight excluding hydrogens is 388 g/mol. The first-order valence-corrected chi connectivity index (χ1v) is 10.8. The van der Waals surface area contributed by atoms with Gasteiger partial charge in [-0.05, 0) is 55.5 Å². The lowest BCUT2D eigenvalue weighted by molar-refractivity contribution is -0.143. The van der Waals surface area contributed by atoms with Gasteiger partial charge in [0.1, 0.15) is 5.75 Å². The zero-order valence-corrected chi connectivity index (χ0v) is 17.1. The van der Waals surface area contributed by atoms with Crippen molar-refractivity contribution in [2.75, 3.05) is 7.11 Å². The molecule has 0 radical (unpaired) electrons. The van der Waals surface area contributed by atoms with Crippen molar-refractivity contribution in [1.82, 2.24) is 9.55 Å². The van der Waals surface area contributed by atoms with E-state index in [0.29, 0.717) is 25.7 Å². The number of ether oxygens (including phenoxy) is 1. The number of carboxylic acid groups (broad SMARTS) is 1. The summed E-state index contributed by atoms with van der Waals surface area (Å²) >= 11 is 1.69. The van der Waals surface area contributed by atoms with E-state index in [1.807, 2.05) is 47.0 Å². The number of aliphatic carboxylic acids is 1. The predicted molar refractivity (Wildman–Crippen MR) is 114 cm³/mol. The van der Waals surface area contributed by atoms with Crippen LogP contribution < -0.4 is 10.4 Å². The number of aromatic nitrogens is 2. The van der Waals surface area contributed by atoms with Crippen LogP contribution in [0.15, 0.2) is 52.2 Å². The number of nitrogens with one attached hydrogen (secondary N) is 1. The van der Waals surface area contributed by atoms with E-state index in [0.717, 1.165) is 27.4 Å². The van der Waals surface area contributed by atoms with Crippen molar-refractivity contribution in [1.29, 1.82) is 0 Å². The van der Waals surface area contributed by atoms with Crippen LogP contribution in [0, 0.1) is 5.92 Å². The SMILES string of the molecule is COc1ccc(CSc2cccc3c2[nH]c(=O)n3[C@H]2CC[C@@H](C(=O)O)CC2)cc1. The molecule has 0 atom stereocenters. The number of rotatable bonds is 6. The quantitative estimate of drug-likeness (QED) is 0.585. The molecule has 0 unspecified atom stereocenters. The highest BCUT2D eigenvalue weighted by Crippen LogP contribution is 2.35. The largest absolute Gasteiger partial charge is 0.497 e. The molecule has 0 spiro atoms. The molecule has 3 aromatic rings. The summed E-state index contributed by atoms with van der Waals surface area (Å²) in [5.74, 6) is 0.606. The Labute approximate surface area is 172 Å². The Bertz CT molecular complexity index is 1060. The van der Waals surface area contributed by atoms with Crippen LogP contribution >= 0.6 is 11.8 Å². The predicted octanol–water partition coefficient (Wildman–Crippen LogP) is 4.45. The average Bonchev–Trinajstić information content (AvgIpc) is 3.09. The topological polar surface area (TPSA) is 84.3 Å². The van der Waals surface area contributed by atoms with Gasteiger partial charge in [0.25, 0.3) is 0 Å². The van der Waals surface area contributed by atoms with Gasteiger partial charge in [0.2, 0.25) is 0 Å². The van der Waals surface area contributed by atoms with Gasteiger partial charge in [0.05, 0.1) is 24.1 Å². The molecule has 1 aliphatic rings. The third-order valence-electron chi connectivity index (χ3n) is 5.68. The minimum absolute atomic E-state index is 0.0497. The van der Waals surface area contributed by atoms with Gasteiger partial charge in [0.15, 0.2) is 0 Å². The van der Waals surface area contributed by atoms with E-state index < -0.39 is 5.97 Å². The van der Waals surface area contributed by atoms with Crippen molar-refractivity contribution in [3.63, 3.8) is 0 Å². The number of imidazole rings is 1. The molecule has 0 aliphatic heterocycles. The molecule has 0 bridgehead atoms. The third-order valence-corrected chi connectivity index (χ3v) is 6.81. The van der Waals surface area contributed by atoms with Crippen molar-refractivity contribution in [3.05, 3.63) is 58.5 Å². The fourth-order valence-corrected chi connectivity index (χ4v) is 5.06. The Morgan fingerprint density at radius 3 is 2.55 bits per heavy atom. The van der Waals surface area contributed by atoms with Gasteiger partial charge in [0, 0.05) is 16.7 Å². The summed E-state index contributed by atoms with van der Waals surface area (Å²) in [5, 5.41) is 9.22. The fraction of sp³-hybridized carbons (Fsp3) is 0.364. The summed E-state index contributed by atoms with van der Waals surface area (Å²) in [7, 11) is 1.65. The Balaban J connectivity index is 1.55. The molecular formula is C22H24N2O4S. The normalized spacial score (nSPS) is 19.3. The van der Waals surface area contributed by atoms with E-state index in [1.54, 1.807) is 18.9 Å². The molecule has 2 N–H and O–H groups in total. The second-order valence-corrected chi connectivity index (χ2v) is 8.45. The summed E-state index contributed by atoms with van der Waals surface area (Å²) < 4.78 is 7.03. The van der Waals surface area contributed by atoms with E-state index in [4.69, 9.17) is 4.74 Å². The highest BCUT2D eigenvalue weighted by molar-refractivity contribution is 7.98. The molecule has 1 saturated carbocycles. The van der Waals surface area contributed by atoms with Crippen molar-refractivity contribution in [2.45, 2.75) is 42.4 Å². The van der Waals surface area contributed by atoms with Crippen LogP contribution in [0.1, 0.15) is 37.3 Å². The number of hydrogen-bond donors (Lipinski definition) is 2. The zero-order valence-electron chi connectivity index (χ0n) is 16.3. The number of H-pyrrole nitrogens is 1. The molecule has 1 fully saturated rings. The summed E-state index contributed by atoms with van der Waals surface area (Å²) in [6.07, 6.45) is 2.66. The van der Waals surface area contributed by atoms with Crippen LogP contribution in [-0.2, 0) is 10.5 Å². The van der Waals surface area contributed by atoms with Gasteiger partial charge in [-0.3, -0.25) is 9.36 Å². The summed E-state index contributed by atoms with van der Waals surface area (Å²) in [6, 6.07) is 14.0. The summed E-state index contributed by atoms with van der Waals surface area (Å²) in [5.41, 5.74) is 2.82. The lowest BCUT2D eigenvalue weighted by Gasteiger charge is -2.27. The first kappa shape index (κ1) is 19.6. The maximum absolute atomic E-state index is 12.7. The number of aromatic amines is 1. The molecule has 7 heteroatoms. The first-order chi connectivity index (χ1) is 14.1. The second-order valence-electron chi connectivity index (χ2n) is 7.43. The van der Waals surface area contributed by atoms with Crippen LogP contribution in [0.2, 0.25) is 0 Å². The molecule has 29 heavy (non-hydrogen) atoms. The monoisotopic (exact) mass is 412 g/mol. The molecule has 0 amide bonds. The minimum atomic E-state index is -0.730. The number of carbonyl (C=O) groups is 1. The maximum atomic E-state index is 12.7. The Kier molecular flexibility index (Phi) is 5.67. The lowest BCUT2D eigenvalue weighted by atomic mass is 9.86. The van der Waals surface area contributed by atoms with E-state index in [1.165, 1.54) is 5.56 Å². The van der Waals surface area contributed by atoms with Crippen molar-refractivity contribution in [3.8, 4) is 5.75 Å². The van der Waals surface area contributed by atoms with Gasteiger partial charge in [-0.25, -0.2) is 4.79 Å². The summed E-state index contributed by atoms with van der Waals surface area (Å²) in [4.78, 5) is 28.0. The Morgan fingerprint density at radius 2 is 1.90 bits per heavy atom. The number of carboxylic acids is 1. The minimum Gasteiger partial charge on any atom is -0.497 e. The average molecular weight is 413 g/mol. The van der Waals surface area contributed by atoms with Crippen LogP contribution in [0.25, 0.3) is 11.0 Å². The lowest BCUT2D eigenvalue weighted by Crippen LogP contribution is -2.28. The summed E-state index contributed by atoms with van der Waals surface area (Å²) in [6.45, 7) is 0. The molecule has 0 saturated heterocycles. The van der Waals surface area contributed by atoms with E-state index >= 15 is 0 Å². The van der Waals surface area contributed by atoms with E-state index in [2.05, 4.69) is 4.98 Å². The Morgan fingerprint density at radius 1 is 1.17 bits per heavy atom. The molecule has 6 nitrogen and oxygen atoms in total. The number of fused-ring (bicyclic) bond motifs is 1. The number of methoxy groups -OCH3 is 1. The van der Waals surface area contributed by atoms with Crippen molar-refractivity contribution < 1.29 is 14.6 Å². The van der Waals surface area contributed by atoms with Crippen LogP contribution in [0.4, 0.5) is 0 Å². The highest BCUT2D eigenvalue weighted by atomic mass is 32.2. The van der Waals surface area contributed by atoms with Crippen LogP contribution in [0.3, 0.4) is 0 Å². The number of para-hydroxylation sites is 1. The highest BCUT2D eigenvalue weighted by Gasteiger charge is 2.28. The zero-order chi connectivity index (χ0) is 20.4. The fourth-order valence-electron chi connectivity index (χ4n) is 4.07. The first-order valence-electron chi connectivity index (χ1n) is 9.78. The smallest absolute Gasteiger partial charge is 0.326 e. The van der Waals surface area contributed by atoms with Gasteiger partial charge in [-0.2, -0.15) is 0 Å². The van der Waals surface area contributed by atoms with Gasteiger partial charge < -0.3 is 14.8 Å². The van der Waals surface area contributed by atoms with Gasteiger partial charge in [-0.15, -0.1) is 11.8 Å². The van der Waals surface area contributed by atoms with Gasteiger partial charge >= 0.3 is 11.7 Å². The van der Waals surface area contributed by atoms with Crippen LogP contribution in [0.5, 0.6) is 5.75 Å². The molecule has 2 aromatic carbocycles. The van der Waals surface area contributed by atoms with Crippen molar-refractivity contribution >= 4 is 28.8 Å². The number of benzene rings is 2. The number of nitrogens with zero attached hydrogens (tertiary/aromatic N) is 1. The molecule has 1 heterocycles.